The normalized spacial score (nSPS) is 18.2. The summed E-state index contributed by atoms with van der Waals surface area (Å²) < 4.78 is 10.5. The smallest absolute Gasteiger partial charge is 0.222 e. The van der Waals surface area contributed by atoms with Crippen molar-refractivity contribution in [2.75, 3.05) is 27.3 Å². The van der Waals surface area contributed by atoms with Crippen molar-refractivity contribution in [2.45, 2.75) is 26.2 Å². The minimum atomic E-state index is -0.0110. The third-order valence-electron chi connectivity index (χ3n) is 4.19. The highest BCUT2D eigenvalue weighted by atomic mass is 16.5. The minimum Gasteiger partial charge on any atom is -0.493 e. The fraction of sp³-hybridized carbons (Fsp3) is 0.529. The van der Waals surface area contributed by atoms with Gasteiger partial charge in [-0.05, 0) is 37.5 Å². The molecule has 5 heteroatoms. The van der Waals surface area contributed by atoms with Crippen molar-refractivity contribution in [1.29, 1.82) is 0 Å². The van der Waals surface area contributed by atoms with Crippen LogP contribution in [0, 0.1) is 5.92 Å². The average Bonchev–Trinajstić information content (AvgIpc) is 2.53. The molecule has 1 atom stereocenters. The first-order chi connectivity index (χ1) is 10.5. The summed E-state index contributed by atoms with van der Waals surface area (Å²) in [6.07, 6.45) is 1.88. The summed E-state index contributed by atoms with van der Waals surface area (Å²) in [5.41, 5.74) is 1.08. The second-order valence-electron chi connectivity index (χ2n) is 5.63. The number of likely N-dealkylation sites (tertiary alicyclic amines) is 1. The maximum atomic E-state index is 12.0. The lowest BCUT2D eigenvalue weighted by atomic mass is 9.94. The van der Waals surface area contributed by atoms with E-state index < -0.39 is 0 Å². The lowest BCUT2D eigenvalue weighted by Gasteiger charge is -2.31. The summed E-state index contributed by atoms with van der Waals surface area (Å²) >= 11 is 0. The van der Waals surface area contributed by atoms with Crippen LogP contribution in [0.25, 0.3) is 0 Å². The predicted octanol–water partition coefficient (Wildman–Crippen LogP) is 2.07. The van der Waals surface area contributed by atoms with Crippen LogP contribution in [0.2, 0.25) is 0 Å². The number of benzene rings is 1. The van der Waals surface area contributed by atoms with E-state index in [0.29, 0.717) is 37.4 Å². The van der Waals surface area contributed by atoms with Gasteiger partial charge in [0.25, 0.3) is 0 Å². The molecule has 1 aromatic carbocycles. The van der Waals surface area contributed by atoms with Crippen LogP contribution in [0.5, 0.6) is 11.5 Å². The highest BCUT2D eigenvalue weighted by molar-refractivity contribution is 5.83. The molecule has 1 heterocycles. The van der Waals surface area contributed by atoms with Gasteiger partial charge in [0.15, 0.2) is 11.5 Å². The molecule has 22 heavy (non-hydrogen) atoms. The topological polar surface area (TPSA) is 55.8 Å². The maximum absolute atomic E-state index is 12.0. The number of ether oxygens (including phenoxy) is 2. The Morgan fingerprint density at radius 2 is 2.00 bits per heavy atom. The maximum Gasteiger partial charge on any atom is 0.222 e. The SMILES string of the molecule is COc1ccc(CCN2CC(C(C)=O)CCC2=O)cc1OC. The van der Waals surface area contributed by atoms with E-state index in [1.165, 1.54) is 0 Å². The van der Waals surface area contributed by atoms with Crippen LogP contribution in [0.15, 0.2) is 18.2 Å². The summed E-state index contributed by atoms with van der Waals surface area (Å²) in [6.45, 7) is 2.77. The van der Waals surface area contributed by atoms with Crippen LogP contribution >= 0.6 is 0 Å². The molecule has 5 nitrogen and oxygen atoms in total. The lowest BCUT2D eigenvalue weighted by molar-refractivity contribution is -0.137. The van der Waals surface area contributed by atoms with Crippen molar-refractivity contribution >= 4 is 11.7 Å². The first kappa shape index (κ1) is 16.3. The Morgan fingerprint density at radius 3 is 2.64 bits per heavy atom. The third-order valence-corrected chi connectivity index (χ3v) is 4.19. The van der Waals surface area contributed by atoms with Gasteiger partial charge in [0, 0.05) is 25.4 Å². The van der Waals surface area contributed by atoms with Crippen LogP contribution in [0.1, 0.15) is 25.3 Å². The zero-order chi connectivity index (χ0) is 16.1. The number of amides is 1. The summed E-state index contributed by atoms with van der Waals surface area (Å²) in [4.78, 5) is 25.3. The van der Waals surface area contributed by atoms with Crippen molar-refractivity contribution in [3.8, 4) is 11.5 Å². The van der Waals surface area contributed by atoms with E-state index in [2.05, 4.69) is 0 Å². The van der Waals surface area contributed by atoms with Gasteiger partial charge in [-0.25, -0.2) is 0 Å². The van der Waals surface area contributed by atoms with Gasteiger partial charge < -0.3 is 14.4 Å². The number of nitrogens with zero attached hydrogens (tertiary/aromatic N) is 1. The van der Waals surface area contributed by atoms with Crippen LogP contribution in [-0.4, -0.2) is 43.9 Å². The quantitative estimate of drug-likeness (QED) is 0.807. The molecule has 1 aliphatic rings. The Labute approximate surface area is 131 Å². The Hall–Kier alpha value is -2.04. The number of carbonyl (C=O) groups excluding carboxylic acids is 2. The van der Waals surface area contributed by atoms with E-state index in [1.807, 2.05) is 18.2 Å². The number of methoxy groups -OCH3 is 2. The predicted molar refractivity (Wildman–Crippen MR) is 83.2 cm³/mol. The molecule has 0 radical (unpaired) electrons. The number of rotatable bonds is 6. The van der Waals surface area contributed by atoms with Crippen molar-refractivity contribution in [2.24, 2.45) is 5.92 Å². The van der Waals surface area contributed by atoms with Gasteiger partial charge in [-0.15, -0.1) is 0 Å². The van der Waals surface area contributed by atoms with Crippen LogP contribution in [0.4, 0.5) is 0 Å². The molecule has 1 fully saturated rings. The Morgan fingerprint density at radius 1 is 1.27 bits per heavy atom. The van der Waals surface area contributed by atoms with E-state index in [0.717, 1.165) is 12.0 Å². The lowest BCUT2D eigenvalue weighted by Crippen LogP contribution is -2.43. The van der Waals surface area contributed by atoms with Crippen LogP contribution < -0.4 is 9.47 Å². The van der Waals surface area contributed by atoms with Gasteiger partial charge in [0.1, 0.15) is 5.78 Å². The van der Waals surface area contributed by atoms with Gasteiger partial charge in [0.05, 0.1) is 14.2 Å². The summed E-state index contributed by atoms with van der Waals surface area (Å²) in [6, 6.07) is 5.76. The zero-order valence-electron chi connectivity index (χ0n) is 13.4. The Bertz CT molecular complexity index is 556. The molecule has 0 aromatic heterocycles. The molecule has 2 rings (SSSR count). The zero-order valence-corrected chi connectivity index (χ0v) is 13.4. The second-order valence-corrected chi connectivity index (χ2v) is 5.63. The van der Waals surface area contributed by atoms with E-state index in [4.69, 9.17) is 9.47 Å². The summed E-state index contributed by atoms with van der Waals surface area (Å²) in [5, 5.41) is 0. The third kappa shape index (κ3) is 3.78. The minimum absolute atomic E-state index is 0.0110. The first-order valence-corrected chi connectivity index (χ1v) is 7.54. The highest BCUT2D eigenvalue weighted by Crippen LogP contribution is 2.28. The van der Waals surface area contributed by atoms with Gasteiger partial charge in [-0.3, -0.25) is 9.59 Å². The largest absolute Gasteiger partial charge is 0.493 e. The molecule has 1 amide bonds. The summed E-state index contributed by atoms with van der Waals surface area (Å²) in [5.74, 6) is 1.67. The van der Waals surface area contributed by atoms with Gasteiger partial charge in [0.2, 0.25) is 5.91 Å². The number of piperidine rings is 1. The molecule has 1 saturated heterocycles. The van der Waals surface area contributed by atoms with E-state index >= 15 is 0 Å². The Balaban J connectivity index is 1.99. The highest BCUT2D eigenvalue weighted by Gasteiger charge is 2.27. The van der Waals surface area contributed by atoms with Crippen molar-refractivity contribution in [1.82, 2.24) is 4.90 Å². The van der Waals surface area contributed by atoms with Crippen molar-refractivity contribution in [3.05, 3.63) is 23.8 Å². The molecule has 0 bridgehead atoms. The molecule has 1 unspecified atom stereocenters. The second kappa shape index (κ2) is 7.29. The van der Waals surface area contributed by atoms with E-state index in [-0.39, 0.29) is 17.6 Å². The number of hydrogen-bond acceptors (Lipinski definition) is 4. The first-order valence-electron chi connectivity index (χ1n) is 7.54. The number of Topliss-reactive ketones (excluding diaryl/α,β-unsaturated/α-hetero) is 1. The Kier molecular flexibility index (Phi) is 5.41. The van der Waals surface area contributed by atoms with Crippen molar-refractivity contribution < 1.29 is 19.1 Å². The number of ketones is 1. The van der Waals surface area contributed by atoms with E-state index in [1.54, 1.807) is 26.0 Å². The number of carbonyl (C=O) groups is 2. The molecule has 120 valence electrons. The van der Waals surface area contributed by atoms with Crippen LogP contribution in [0.3, 0.4) is 0 Å². The molecular formula is C17H23NO4. The van der Waals surface area contributed by atoms with Gasteiger partial charge in [-0.1, -0.05) is 6.07 Å². The standard InChI is InChI=1S/C17H23NO4/c1-12(19)14-5-7-17(20)18(11-14)9-8-13-4-6-15(21-2)16(10-13)22-3/h4,6,10,14H,5,7-9,11H2,1-3H3. The fourth-order valence-corrected chi connectivity index (χ4v) is 2.76. The molecule has 1 aliphatic heterocycles. The molecule has 0 aliphatic carbocycles. The van der Waals surface area contributed by atoms with Crippen molar-refractivity contribution in [3.63, 3.8) is 0 Å². The molecular weight excluding hydrogens is 282 g/mol. The van der Waals surface area contributed by atoms with Crippen LogP contribution in [-0.2, 0) is 16.0 Å². The molecule has 0 spiro atoms. The average molecular weight is 305 g/mol. The fourth-order valence-electron chi connectivity index (χ4n) is 2.76. The monoisotopic (exact) mass is 305 g/mol. The van der Waals surface area contributed by atoms with Gasteiger partial charge >= 0.3 is 0 Å². The van der Waals surface area contributed by atoms with Gasteiger partial charge in [-0.2, -0.15) is 0 Å². The number of hydrogen-bond donors (Lipinski definition) is 0. The summed E-state index contributed by atoms with van der Waals surface area (Å²) in [7, 11) is 3.21. The molecule has 1 aromatic rings. The molecule has 0 N–H and O–H groups in total. The molecule has 0 saturated carbocycles. The van der Waals surface area contributed by atoms with E-state index in [9.17, 15) is 9.59 Å².